The van der Waals surface area contributed by atoms with Crippen molar-refractivity contribution in [2.45, 2.75) is 33.1 Å². The topological polar surface area (TPSA) is 72.7 Å². The van der Waals surface area contributed by atoms with Crippen LogP contribution in [0.2, 0.25) is 5.02 Å². The molecule has 4 aromatic rings. The minimum atomic E-state index is -2.95. The van der Waals surface area contributed by atoms with Gasteiger partial charge in [-0.05, 0) is 37.1 Å². The maximum Gasteiger partial charge on any atom is 0.281 e. The Morgan fingerprint density at radius 1 is 1.15 bits per heavy atom. The van der Waals surface area contributed by atoms with Crippen molar-refractivity contribution in [2.75, 3.05) is 5.32 Å². The number of carbonyl (C=O) groups excluding carboxylic acids is 1. The molecule has 3 aromatic heterocycles. The normalized spacial score (nSPS) is 11.4. The Kier molecular flexibility index (Phi) is 6.53. The van der Waals surface area contributed by atoms with Gasteiger partial charge in [0, 0.05) is 11.1 Å². The zero-order chi connectivity index (χ0) is 23.7. The van der Waals surface area contributed by atoms with Gasteiger partial charge in [-0.1, -0.05) is 43.6 Å². The minimum absolute atomic E-state index is 0.131. The number of hydrogen-bond acceptors (Lipinski definition) is 5. The molecular formula is C23H20ClF2N5OS. The number of aryl methyl sites for hydroxylation is 1. The number of carbonyl (C=O) groups is 1. The molecule has 0 saturated heterocycles. The third-order valence-corrected chi connectivity index (χ3v) is 6.51. The predicted molar refractivity (Wildman–Crippen MR) is 126 cm³/mol. The lowest BCUT2D eigenvalue weighted by atomic mass is 10.1. The molecule has 0 unspecified atom stereocenters. The lowest BCUT2D eigenvalue weighted by molar-refractivity contribution is 0.100. The number of alkyl halides is 2. The number of thiazole rings is 1. The van der Waals surface area contributed by atoms with Gasteiger partial charge in [-0.15, -0.1) is 11.3 Å². The molecule has 1 N–H and O–H groups in total. The fourth-order valence-corrected chi connectivity index (χ4v) is 4.64. The first-order valence-electron chi connectivity index (χ1n) is 10.1. The van der Waals surface area contributed by atoms with E-state index in [2.05, 4.69) is 20.4 Å². The summed E-state index contributed by atoms with van der Waals surface area (Å²) in [4.78, 5) is 23.0. The minimum Gasteiger partial charge on any atom is -0.298 e. The zero-order valence-corrected chi connectivity index (χ0v) is 19.6. The van der Waals surface area contributed by atoms with Gasteiger partial charge in [-0.25, -0.2) is 18.4 Å². The van der Waals surface area contributed by atoms with E-state index in [0.717, 1.165) is 9.56 Å². The second-order valence-corrected chi connectivity index (χ2v) is 9.00. The summed E-state index contributed by atoms with van der Waals surface area (Å²) in [6.45, 7) is 5.53. The molecule has 0 spiro atoms. The summed E-state index contributed by atoms with van der Waals surface area (Å²) in [5.41, 5.74) is 1.03. The number of benzene rings is 1. The van der Waals surface area contributed by atoms with Gasteiger partial charge in [0.05, 0.1) is 27.7 Å². The monoisotopic (exact) mass is 487 g/mol. The molecule has 33 heavy (non-hydrogen) atoms. The van der Waals surface area contributed by atoms with Crippen LogP contribution in [0.5, 0.6) is 0 Å². The SMILES string of the molecule is Cc1nn(-c2ccccc2Cl)c(C(F)F)c1C(=O)Nc1nc(-c2ccccn2)c(C(C)C)s1. The zero-order valence-electron chi connectivity index (χ0n) is 18.0. The van der Waals surface area contributed by atoms with Gasteiger partial charge in [0.2, 0.25) is 0 Å². The number of anilines is 1. The summed E-state index contributed by atoms with van der Waals surface area (Å²) in [6, 6.07) is 12.0. The lowest BCUT2D eigenvalue weighted by Crippen LogP contribution is -2.15. The van der Waals surface area contributed by atoms with Crippen molar-refractivity contribution < 1.29 is 13.6 Å². The summed E-state index contributed by atoms with van der Waals surface area (Å²) in [5.74, 6) is -0.579. The Bertz CT molecular complexity index is 1300. The highest BCUT2D eigenvalue weighted by Gasteiger charge is 2.30. The van der Waals surface area contributed by atoms with Gasteiger partial charge in [0.1, 0.15) is 11.4 Å². The molecule has 0 saturated carbocycles. The van der Waals surface area contributed by atoms with Crippen LogP contribution in [0.1, 0.15) is 52.8 Å². The predicted octanol–water partition coefficient (Wildman–Crippen LogP) is 6.67. The van der Waals surface area contributed by atoms with Crippen LogP contribution in [0.3, 0.4) is 0 Å². The number of nitrogens with one attached hydrogen (secondary N) is 1. The van der Waals surface area contributed by atoms with Gasteiger partial charge in [0.15, 0.2) is 5.13 Å². The Labute approximate surface area is 198 Å². The van der Waals surface area contributed by atoms with E-state index >= 15 is 0 Å². The van der Waals surface area contributed by atoms with Gasteiger partial charge < -0.3 is 0 Å². The molecule has 3 heterocycles. The molecule has 1 amide bonds. The first kappa shape index (κ1) is 23.0. The maximum atomic E-state index is 14.1. The largest absolute Gasteiger partial charge is 0.298 e. The molecule has 0 aliphatic carbocycles. The third-order valence-electron chi connectivity index (χ3n) is 4.92. The fourth-order valence-electron chi connectivity index (χ4n) is 3.46. The molecule has 10 heteroatoms. The second-order valence-electron chi connectivity index (χ2n) is 7.57. The first-order valence-corrected chi connectivity index (χ1v) is 11.3. The highest BCUT2D eigenvalue weighted by Crippen LogP contribution is 2.36. The number of pyridine rings is 1. The Morgan fingerprint density at radius 2 is 1.88 bits per heavy atom. The van der Waals surface area contributed by atoms with E-state index in [1.165, 1.54) is 18.3 Å². The molecule has 0 aliphatic rings. The fraction of sp³-hybridized carbons (Fsp3) is 0.217. The summed E-state index contributed by atoms with van der Waals surface area (Å²) < 4.78 is 29.2. The van der Waals surface area contributed by atoms with E-state index in [9.17, 15) is 13.6 Å². The highest BCUT2D eigenvalue weighted by molar-refractivity contribution is 7.16. The molecule has 0 fully saturated rings. The summed E-state index contributed by atoms with van der Waals surface area (Å²) in [5, 5.41) is 7.41. The van der Waals surface area contributed by atoms with Crippen LogP contribution < -0.4 is 5.32 Å². The summed E-state index contributed by atoms with van der Waals surface area (Å²) in [6.07, 6.45) is -1.28. The van der Waals surface area contributed by atoms with E-state index in [-0.39, 0.29) is 27.9 Å². The van der Waals surface area contributed by atoms with Crippen LogP contribution in [-0.4, -0.2) is 25.7 Å². The molecular weight excluding hydrogens is 468 g/mol. The first-order chi connectivity index (χ1) is 15.8. The summed E-state index contributed by atoms with van der Waals surface area (Å²) >= 11 is 7.49. The van der Waals surface area contributed by atoms with Crippen molar-refractivity contribution in [3.05, 3.63) is 75.5 Å². The van der Waals surface area contributed by atoms with Crippen molar-refractivity contribution in [1.82, 2.24) is 19.7 Å². The maximum absolute atomic E-state index is 14.1. The van der Waals surface area contributed by atoms with Crippen LogP contribution >= 0.6 is 22.9 Å². The number of hydrogen-bond donors (Lipinski definition) is 1. The van der Waals surface area contributed by atoms with Crippen LogP contribution in [0.25, 0.3) is 17.1 Å². The number of halogens is 3. The van der Waals surface area contributed by atoms with E-state index in [1.807, 2.05) is 26.0 Å². The average molecular weight is 488 g/mol. The number of para-hydroxylation sites is 1. The van der Waals surface area contributed by atoms with Crippen molar-refractivity contribution >= 4 is 34.0 Å². The molecule has 0 radical (unpaired) electrons. The molecule has 1 aromatic carbocycles. The Balaban J connectivity index is 1.74. The van der Waals surface area contributed by atoms with Crippen molar-refractivity contribution in [3.8, 4) is 17.1 Å². The van der Waals surface area contributed by atoms with Gasteiger partial charge in [0.25, 0.3) is 12.3 Å². The van der Waals surface area contributed by atoms with Crippen LogP contribution in [0.15, 0.2) is 48.7 Å². The van der Waals surface area contributed by atoms with Crippen molar-refractivity contribution in [2.24, 2.45) is 0 Å². The van der Waals surface area contributed by atoms with Crippen molar-refractivity contribution in [1.29, 1.82) is 0 Å². The van der Waals surface area contributed by atoms with Gasteiger partial charge >= 0.3 is 0 Å². The molecule has 4 rings (SSSR count). The molecule has 0 bridgehead atoms. The van der Waals surface area contributed by atoms with Crippen LogP contribution in [0, 0.1) is 6.92 Å². The molecule has 0 aliphatic heterocycles. The standard InChI is InChI=1S/C23H20ClF2N5OS/c1-12(2)20-18(15-9-6-7-11-27-15)28-23(33-20)29-22(32)17-13(3)30-31(19(17)21(25)26)16-10-5-4-8-14(16)24/h4-12,21H,1-3H3,(H,28,29,32). The van der Waals surface area contributed by atoms with Crippen LogP contribution in [-0.2, 0) is 0 Å². The quantitative estimate of drug-likeness (QED) is 0.330. The lowest BCUT2D eigenvalue weighted by Gasteiger charge is -2.10. The average Bonchev–Trinajstić information content (AvgIpc) is 3.36. The molecule has 6 nitrogen and oxygen atoms in total. The van der Waals surface area contributed by atoms with E-state index in [1.54, 1.807) is 36.5 Å². The smallest absolute Gasteiger partial charge is 0.281 e. The number of nitrogens with zero attached hydrogens (tertiary/aromatic N) is 4. The Morgan fingerprint density at radius 3 is 2.52 bits per heavy atom. The Hall–Kier alpha value is -3.17. The third kappa shape index (κ3) is 4.51. The van der Waals surface area contributed by atoms with E-state index in [0.29, 0.717) is 16.5 Å². The summed E-state index contributed by atoms with van der Waals surface area (Å²) in [7, 11) is 0. The highest BCUT2D eigenvalue weighted by atomic mass is 35.5. The number of rotatable bonds is 6. The number of amides is 1. The van der Waals surface area contributed by atoms with E-state index in [4.69, 9.17) is 11.6 Å². The van der Waals surface area contributed by atoms with Gasteiger partial charge in [-0.2, -0.15) is 5.10 Å². The van der Waals surface area contributed by atoms with Crippen LogP contribution in [0.4, 0.5) is 13.9 Å². The van der Waals surface area contributed by atoms with E-state index < -0.39 is 18.0 Å². The molecule has 170 valence electrons. The molecule has 0 atom stereocenters. The number of aromatic nitrogens is 4. The van der Waals surface area contributed by atoms with Gasteiger partial charge in [-0.3, -0.25) is 15.1 Å². The second kappa shape index (κ2) is 9.36. The van der Waals surface area contributed by atoms with Crippen molar-refractivity contribution in [3.63, 3.8) is 0 Å².